The Hall–Kier alpha value is -2.71. The molecule has 5 rings (SSSR count). The third-order valence-electron chi connectivity index (χ3n) is 6.26. The van der Waals surface area contributed by atoms with Crippen LogP contribution in [0.2, 0.25) is 0 Å². The van der Waals surface area contributed by atoms with Crippen molar-refractivity contribution in [3.05, 3.63) is 60.9 Å². The van der Waals surface area contributed by atoms with E-state index in [0.29, 0.717) is 4.90 Å². The van der Waals surface area contributed by atoms with Gasteiger partial charge in [0.25, 0.3) is 0 Å². The molecular formula is C22H24N4O3S. The molecule has 3 heterocycles. The molecule has 3 aromatic rings. The normalized spacial score (nSPS) is 24.1. The molecule has 156 valence electrons. The maximum atomic E-state index is 13.4. The van der Waals surface area contributed by atoms with Crippen LogP contribution in [0.3, 0.4) is 0 Å². The van der Waals surface area contributed by atoms with Gasteiger partial charge in [-0.3, -0.25) is 0 Å². The van der Waals surface area contributed by atoms with E-state index in [1.54, 1.807) is 40.7 Å². The van der Waals surface area contributed by atoms with Gasteiger partial charge in [-0.1, -0.05) is 24.3 Å². The van der Waals surface area contributed by atoms with Crippen LogP contribution in [0, 0.1) is 0 Å². The molecule has 1 aromatic heterocycles. The second-order valence-electron chi connectivity index (χ2n) is 7.95. The lowest BCUT2D eigenvalue weighted by molar-refractivity contribution is 0.174. The highest BCUT2D eigenvalue weighted by Crippen LogP contribution is 2.43. The quantitative estimate of drug-likeness (QED) is 0.626. The van der Waals surface area contributed by atoms with E-state index in [4.69, 9.17) is 4.74 Å². The average molecular weight is 425 g/mol. The summed E-state index contributed by atoms with van der Waals surface area (Å²) in [7, 11) is -1.90. The molecule has 2 saturated heterocycles. The number of ether oxygens (including phenoxy) is 1. The summed E-state index contributed by atoms with van der Waals surface area (Å²) in [6, 6.07) is 15.1. The minimum absolute atomic E-state index is 0.00557. The fourth-order valence-electron chi connectivity index (χ4n) is 4.83. The first-order chi connectivity index (χ1) is 14.6. The van der Waals surface area contributed by atoms with Crippen LogP contribution in [0.4, 0.5) is 0 Å². The minimum Gasteiger partial charge on any atom is -0.497 e. The zero-order valence-corrected chi connectivity index (χ0v) is 17.6. The number of hydrogen-bond donors (Lipinski definition) is 0. The Labute approximate surface area is 176 Å². The van der Waals surface area contributed by atoms with E-state index in [0.717, 1.165) is 42.6 Å². The van der Waals surface area contributed by atoms with E-state index in [-0.39, 0.29) is 18.1 Å². The van der Waals surface area contributed by atoms with E-state index in [9.17, 15) is 8.42 Å². The highest BCUT2D eigenvalue weighted by molar-refractivity contribution is 7.89. The first kappa shape index (κ1) is 19.3. The van der Waals surface area contributed by atoms with Crippen molar-refractivity contribution in [2.75, 3.05) is 7.11 Å². The number of fused-ring (bicyclic) bond motifs is 2. The lowest BCUT2D eigenvalue weighted by Crippen LogP contribution is -2.47. The fourth-order valence-corrected chi connectivity index (χ4v) is 6.72. The monoisotopic (exact) mass is 424 g/mol. The van der Waals surface area contributed by atoms with Crippen LogP contribution in [-0.4, -0.2) is 46.9 Å². The summed E-state index contributed by atoms with van der Waals surface area (Å²) in [5, 5.41) is 8.52. The lowest BCUT2D eigenvalue weighted by Gasteiger charge is -2.37. The third-order valence-corrected chi connectivity index (χ3v) is 8.28. The van der Waals surface area contributed by atoms with Crippen molar-refractivity contribution in [1.29, 1.82) is 0 Å². The average Bonchev–Trinajstić information content (AvgIpc) is 3.41. The highest BCUT2D eigenvalue weighted by atomic mass is 32.2. The summed E-state index contributed by atoms with van der Waals surface area (Å²) in [6.07, 6.45) is 6.66. The summed E-state index contributed by atoms with van der Waals surface area (Å²) < 4.78 is 33.8. The number of nitrogens with zero attached hydrogens (tertiary/aromatic N) is 4. The summed E-state index contributed by atoms with van der Waals surface area (Å²) >= 11 is 0. The number of methoxy groups -OCH3 is 1. The highest BCUT2D eigenvalue weighted by Gasteiger charge is 2.48. The van der Waals surface area contributed by atoms with Gasteiger partial charge in [-0.15, -0.1) is 0 Å². The van der Waals surface area contributed by atoms with Crippen molar-refractivity contribution in [3.63, 3.8) is 0 Å². The predicted molar refractivity (Wildman–Crippen MR) is 113 cm³/mol. The van der Waals surface area contributed by atoms with Crippen molar-refractivity contribution in [2.45, 2.75) is 48.7 Å². The number of aromatic nitrogens is 3. The second kappa shape index (κ2) is 7.52. The van der Waals surface area contributed by atoms with Crippen LogP contribution in [-0.2, 0) is 10.0 Å². The van der Waals surface area contributed by atoms with E-state index < -0.39 is 10.0 Å². The molecule has 8 heteroatoms. The van der Waals surface area contributed by atoms with Gasteiger partial charge in [-0.25, -0.2) is 8.42 Å². The van der Waals surface area contributed by atoms with Crippen molar-refractivity contribution in [2.24, 2.45) is 0 Å². The molecule has 2 aromatic carbocycles. The maximum absolute atomic E-state index is 13.4. The van der Waals surface area contributed by atoms with Gasteiger partial charge in [0.1, 0.15) is 5.75 Å². The standard InChI is InChI=1S/C22H24N4O3S/c1-29-21-8-2-16(3-9-21)17-4-10-22(11-5-17)30(27,28)25-18-6-7-19(25)15-20(14-18)26-23-12-13-24-26/h2-5,8-13,18-20H,6-7,14-15H2,1H3. The Bertz CT molecular complexity index is 1100. The van der Waals surface area contributed by atoms with Crippen molar-refractivity contribution in [1.82, 2.24) is 19.3 Å². The van der Waals surface area contributed by atoms with Gasteiger partial charge in [0.15, 0.2) is 0 Å². The van der Waals surface area contributed by atoms with Gasteiger partial charge in [0.05, 0.1) is 30.4 Å². The summed E-state index contributed by atoms with van der Waals surface area (Å²) in [4.78, 5) is 2.09. The van der Waals surface area contributed by atoms with Gasteiger partial charge >= 0.3 is 0 Å². The van der Waals surface area contributed by atoms with Gasteiger partial charge in [0, 0.05) is 12.1 Å². The molecule has 0 aliphatic carbocycles. The first-order valence-corrected chi connectivity index (χ1v) is 11.6. The molecule has 0 spiro atoms. The Balaban J connectivity index is 1.37. The van der Waals surface area contributed by atoms with Crippen LogP contribution < -0.4 is 4.74 Å². The Morgan fingerprint density at radius 2 is 1.37 bits per heavy atom. The molecular weight excluding hydrogens is 400 g/mol. The van der Waals surface area contributed by atoms with Crippen LogP contribution >= 0.6 is 0 Å². The number of hydrogen-bond acceptors (Lipinski definition) is 5. The number of benzene rings is 2. The van der Waals surface area contributed by atoms with Crippen molar-refractivity contribution >= 4 is 10.0 Å². The smallest absolute Gasteiger partial charge is 0.243 e. The minimum atomic E-state index is -3.54. The van der Waals surface area contributed by atoms with Crippen molar-refractivity contribution < 1.29 is 13.2 Å². The lowest BCUT2D eigenvalue weighted by atomic mass is 10.0. The third kappa shape index (κ3) is 3.30. The van der Waals surface area contributed by atoms with E-state index in [2.05, 4.69) is 10.2 Å². The second-order valence-corrected chi connectivity index (χ2v) is 9.79. The zero-order valence-electron chi connectivity index (χ0n) is 16.8. The Morgan fingerprint density at radius 1 is 0.833 bits per heavy atom. The number of sulfonamides is 1. The Kier molecular flexibility index (Phi) is 4.83. The SMILES string of the molecule is COc1ccc(-c2ccc(S(=O)(=O)N3C4CCC3CC(n3nccn3)C4)cc2)cc1. The van der Waals surface area contributed by atoms with Gasteiger partial charge in [0.2, 0.25) is 10.0 Å². The number of rotatable bonds is 5. The molecule has 0 amide bonds. The topological polar surface area (TPSA) is 77.3 Å². The number of piperidine rings is 1. The zero-order chi connectivity index (χ0) is 20.7. The fraction of sp³-hybridized carbons (Fsp3) is 0.364. The molecule has 0 saturated carbocycles. The van der Waals surface area contributed by atoms with E-state index >= 15 is 0 Å². The van der Waals surface area contributed by atoms with E-state index in [1.807, 2.05) is 36.4 Å². The molecule has 2 aliphatic heterocycles. The predicted octanol–water partition coefficient (Wildman–Crippen LogP) is 3.51. The largest absolute Gasteiger partial charge is 0.497 e. The van der Waals surface area contributed by atoms with Crippen LogP contribution in [0.25, 0.3) is 11.1 Å². The van der Waals surface area contributed by atoms with Gasteiger partial charge in [-0.2, -0.15) is 19.3 Å². The van der Waals surface area contributed by atoms with Gasteiger partial charge < -0.3 is 4.74 Å². The summed E-state index contributed by atoms with van der Waals surface area (Å²) in [6.45, 7) is 0. The first-order valence-electron chi connectivity index (χ1n) is 10.2. The molecule has 0 radical (unpaired) electrons. The van der Waals surface area contributed by atoms with Crippen LogP contribution in [0.1, 0.15) is 31.7 Å². The molecule has 2 unspecified atom stereocenters. The Morgan fingerprint density at radius 3 is 1.90 bits per heavy atom. The van der Waals surface area contributed by atoms with E-state index in [1.165, 1.54) is 0 Å². The molecule has 2 atom stereocenters. The van der Waals surface area contributed by atoms with Crippen LogP contribution in [0.15, 0.2) is 65.8 Å². The molecule has 30 heavy (non-hydrogen) atoms. The molecule has 2 aliphatic rings. The van der Waals surface area contributed by atoms with Crippen molar-refractivity contribution in [3.8, 4) is 16.9 Å². The van der Waals surface area contributed by atoms with Crippen LogP contribution in [0.5, 0.6) is 5.75 Å². The molecule has 2 bridgehead atoms. The maximum Gasteiger partial charge on any atom is 0.243 e. The molecule has 2 fully saturated rings. The summed E-state index contributed by atoms with van der Waals surface area (Å²) in [5.41, 5.74) is 2.00. The molecule has 7 nitrogen and oxygen atoms in total. The molecule has 0 N–H and O–H groups in total. The van der Waals surface area contributed by atoms with Gasteiger partial charge in [-0.05, 0) is 61.1 Å². The summed E-state index contributed by atoms with van der Waals surface area (Å²) in [5.74, 6) is 0.794.